The third-order valence-corrected chi connectivity index (χ3v) is 17.6. The zero-order valence-corrected chi connectivity index (χ0v) is 58.1. The van der Waals surface area contributed by atoms with Gasteiger partial charge in [0.05, 0.1) is 26.4 Å². The van der Waals surface area contributed by atoms with E-state index in [0.717, 1.165) is 102 Å². The van der Waals surface area contributed by atoms with Crippen molar-refractivity contribution in [1.29, 1.82) is 0 Å². The highest BCUT2D eigenvalue weighted by molar-refractivity contribution is 7.47. The van der Waals surface area contributed by atoms with E-state index >= 15 is 0 Å². The summed E-state index contributed by atoms with van der Waals surface area (Å²) in [5.41, 5.74) is 0. The lowest BCUT2D eigenvalue weighted by atomic mass is 10.0. The van der Waals surface area contributed by atoms with Crippen LogP contribution >= 0.6 is 15.6 Å². The highest BCUT2D eigenvalue weighted by Gasteiger charge is 2.30. The first-order chi connectivity index (χ1) is 41.9. The molecule has 0 radical (unpaired) electrons. The molecule has 0 heterocycles. The maximum Gasteiger partial charge on any atom is 0.472 e. The number of aliphatic hydroxyl groups excluding tert-OH is 1. The summed E-state index contributed by atoms with van der Waals surface area (Å²) in [4.78, 5) is 72.4. The molecule has 0 bridgehead atoms. The van der Waals surface area contributed by atoms with Crippen LogP contribution in [0.15, 0.2) is 0 Å². The van der Waals surface area contributed by atoms with Crippen LogP contribution in [0.25, 0.3) is 0 Å². The number of hydrogen-bond donors (Lipinski definition) is 3. The van der Waals surface area contributed by atoms with Crippen molar-refractivity contribution in [3.63, 3.8) is 0 Å². The molecular weight excluding hydrogens is 1150 g/mol. The van der Waals surface area contributed by atoms with Crippen LogP contribution in [0, 0.1) is 11.8 Å². The second-order valence-corrected chi connectivity index (χ2v) is 28.4. The van der Waals surface area contributed by atoms with Crippen LogP contribution in [0.4, 0.5) is 0 Å². The van der Waals surface area contributed by atoms with Crippen LogP contribution in [-0.4, -0.2) is 96.7 Å². The van der Waals surface area contributed by atoms with Gasteiger partial charge in [0.1, 0.15) is 19.3 Å². The Kier molecular flexibility index (Phi) is 59.0. The molecule has 87 heavy (non-hydrogen) atoms. The third-order valence-electron chi connectivity index (χ3n) is 15.7. The predicted octanol–water partition coefficient (Wildman–Crippen LogP) is 19.2. The Balaban J connectivity index is 5.21. The molecule has 5 atom stereocenters. The zero-order chi connectivity index (χ0) is 64.3. The van der Waals surface area contributed by atoms with E-state index in [9.17, 15) is 43.2 Å². The lowest BCUT2D eigenvalue weighted by Crippen LogP contribution is -2.30. The van der Waals surface area contributed by atoms with Gasteiger partial charge in [-0.1, -0.05) is 292 Å². The number of aliphatic hydroxyl groups is 1. The van der Waals surface area contributed by atoms with Crippen molar-refractivity contribution in [2.24, 2.45) is 11.8 Å². The summed E-state index contributed by atoms with van der Waals surface area (Å²) in [7, 11) is -9.89. The van der Waals surface area contributed by atoms with Crippen LogP contribution < -0.4 is 0 Å². The molecule has 0 amide bonds. The molecule has 19 heteroatoms. The Morgan fingerprint density at radius 3 is 0.782 bits per heavy atom. The normalized spacial score (nSPS) is 14.2. The summed E-state index contributed by atoms with van der Waals surface area (Å²) in [6.07, 6.45) is 44.4. The molecule has 17 nitrogen and oxygen atoms in total. The molecule has 0 rings (SSSR count). The quantitative estimate of drug-likeness (QED) is 0.0222. The van der Waals surface area contributed by atoms with Gasteiger partial charge in [0.2, 0.25) is 0 Å². The fourth-order valence-corrected chi connectivity index (χ4v) is 11.8. The van der Waals surface area contributed by atoms with Crippen molar-refractivity contribution < 1.29 is 80.2 Å². The molecule has 0 spiro atoms. The Bertz CT molecular complexity index is 1700. The molecule has 0 aromatic rings. The molecule has 0 aliphatic carbocycles. The van der Waals surface area contributed by atoms with Crippen molar-refractivity contribution in [1.82, 2.24) is 0 Å². The number of carbonyl (C=O) groups is 4. The van der Waals surface area contributed by atoms with Gasteiger partial charge in [0.25, 0.3) is 0 Å². The Labute approximate surface area is 530 Å². The van der Waals surface area contributed by atoms with Crippen molar-refractivity contribution in [3.8, 4) is 0 Å². The molecular formula is C68H132O17P2. The number of hydrogen-bond acceptors (Lipinski definition) is 15. The van der Waals surface area contributed by atoms with E-state index in [1.54, 1.807) is 0 Å². The van der Waals surface area contributed by atoms with Gasteiger partial charge >= 0.3 is 39.5 Å². The Morgan fingerprint density at radius 2 is 0.529 bits per heavy atom. The topological polar surface area (TPSA) is 237 Å². The SMILES string of the molecule is CCCCCCCCCCCCC(=O)OC[C@H](COP(=O)(O)OC[C@H](O)COP(=O)(O)OC[C@@H](COC(=O)CCCCCCCCCC(C)C)OC(=O)CCCCCCCCCCCCCCCCC(C)C)OC(=O)CCCCCCCCCCCC. The fourth-order valence-electron chi connectivity index (χ4n) is 10.2. The van der Waals surface area contributed by atoms with E-state index in [1.165, 1.54) is 154 Å². The predicted molar refractivity (Wildman–Crippen MR) is 349 cm³/mol. The first-order valence-corrected chi connectivity index (χ1v) is 38.5. The minimum absolute atomic E-state index is 0.106. The van der Waals surface area contributed by atoms with E-state index < -0.39 is 97.5 Å². The average molecular weight is 1280 g/mol. The number of phosphoric ester groups is 2. The van der Waals surface area contributed by atoms with Gasteiger partial charge in [-0.25, -0.2) is 9.13 Å². The first kappa shape index (κ1) is 85.1. The van der Waals surface area contributed by atoms with E-state index in [2.05, 4.69) is 41.5 Å². The molecule has 2 unspecified atom stereocenters. The molecule has 0 saturated carbocycles. The lowest BCUT2D eigenvalue weighted by Gasteiger charge is -2.21. The van der Waals surface area contributed by atoms with E-state index in [-0.39, 0.29) is 25.7 Å². The van der Waals surface area contributed by atoms with Crippen LogP contribution in [0.5, 0.6) is 0 Å². The average Bonchev–Trinajstić information content (AvgIpc) is 3.69. The number of phosphoric acid groups is 2. The molecule has 516 valence electrons. The van der Waals surface area contributed by atoms with Crippen molar-refractivity contribution in [2.75, 3.05) is 39.6 Å². The van der Waals surface area contributed by atoms with Crippen molar-refractivity contribution >= 4 is 39.5 Å². The number of carbonyl (C=O) groups excluding carboxylic acids is 4. The number of ether oxygens (including phenoxy) is 4. The maximum atomic E-state index is 13.0. The second kappa shape index (κ2) is 60.3. The molecule has 0 aromatic heterocycles. The monoisotopic (exact) mass is 1280 g/mol. The summed E-state index contributed by atoms with van der Waals surface area (Å²) >= 11 is 0. The molecule has 0 aliphatic heterocycles. The smallest absolute Gasteiger partial charge is 0.462 e. The number of unbranched alkanes of at least 4 members (excludes halogenated alkanes) is 37. The van der Waals surface area contributed by atoms with Crippen LogP contribution in [-0.2, 0) is 65.4 Å². The minimum Gasteiger partial charge on any atom is -0.462 e. The Hall–Kier alpha value is -1.94. The van der Waals surface area contributed by atoms with Crippen LogP contribution in [0.3, 0.4) is 0 Å². The second-order valence-electron chi connectivity index (χ2n) is 25.5. The highest BCUT2D eigenvalue weighted by Crippen LogP contribution is 2.45. The maximum absolute atomic E-state index is 13.0. The molecule has 0 saturated heterocycles. The van der Waals surface area contributed by atoms with Crippen LogP contribution in [0.1, 0.15) is 343 Å². The van der Waals surface area contributed by atoms with Gasteiger partial charge in [-0.05, 0) is 37.5 Å². The molecule has 0 aliphatic rings. The summed E-state index contributed by atoms with van der Waals surface area (Å²) in [6.45, 7) is 9.48. The van der Waals surface area contributed by atoms with Gasteiger partial charge in [-0.3, -0.25) is 37.3 Å². The molecule has 3 N–H and O–H groups in total. The molecule has 0 fully saturated rings. The Morgan fingerprint density at radius 1 is 0.310 bits per heavy atom. The van der Waals surface area contributed by atoms with Gasteiger partial charge in [-0.15, -0.1) is 0 Å². The highest BCUT2D eigenvalue weighted by atomic mass is 31.2. The van der Waals surface area contributed by atoms with E-state index in [1.807, 2.05) is 0 Å². The lowest BCUT2D eigenvalue weighted by molar-refractivity contribution is -0.161. The van der Waals surface area contributed by atoms with E-state index in [4.69, 9.17) is 37.0 Å². The minimum atomic E-state index is -4.95. The summed E-state index contributed by atoms with van der Waals surface area (Å²) in [6, 6.07) is 0. The first-order valence-electron chi connectivity index (χ1n) is 35.5. The van der Waals surface area contributed by atoms with Gasteiger partial charge in [0, 0.05) is 25.7 Å². The summed E-state index contributed by atoms with van der Waals surface area (Å²) < 4.78 is 68.1. The standard InChI is InChI=1S/C68H132O17P2/c1-7-9-11-13-15-17-26-32-38-44-50-65(70)78-56-63(84-67(72)52-46-40-33-27-18-16-14-12-10-8-2)58-82-86(74,75)80-54-62(69)55-81-87(76,77)83-59-64(57-79-66(71)51-45-39-35-29-31-37-43-49-61(5)6)85-68(73)53-47-41-34-28-24-22-20-19-21-23-25-30-36-42-48-60(3)4/h60-64,69H,7-59H2,1-6H3,(H,74,75)(H,76,77)/t62-,63+,64+/m0/s1. The summed E-state index contributed by atoms with van der Waals surface area (Å²) in [5.74, 6) is -0.628. The van der Waals surface area contributed by atoms with Crippen molar-refractivity contribution in [3.05, 3.63) is 0 Å². The van der Waals surface area contributed by atoms with Gasteiger partial charge < -0.3 is 33.8 Å². The third kappa shape index (κ3) is 62.6. The van der Waals surface area contributed by atoms with Crippen LogP contribution in [0.2, 0.25) is 0 Å². The van der Waals surface area contributed by atoms with E-state index in [0.29, 0.717) is 31.6 Å². The van der Waals surface area contributed by atoms with Crippen molar-refractivity contribution in [2.45, 2.75) is 362 Å². The largest absolute Gasteiger partial charge is 0.472 e. The fraction of sp³-hybridized carbons (Fsp3) is 0.941. The number of esters is 4. The van der Waals surface area contributed by atoms with Gasteiger partial charge in [0.15, 0.2) is 12.2 Å². The summed E-state index contributed by atoms with van der Waals surface area (Å²) in [5, 5.41) is 10.6. The molecule has 0 aromatic carbocycles. The van der Waals surface area contributed by atoms with Gasteiger partial charge in [-0.2, -0.15) is 0 Å². The number of rotatable bonds is 67. The zero-order valence-electron chi connectivity index (χ0n) is 56.3.